The van der Waals surface area contributed by atoms with Gasteiger partial charge in [-0.05, 0) is 47.1 Å². The molecule has 2 rings (SSSR count). The van der Waals surface area contributed by atoms with Crippen LogP contribution in [0.5, 0.6) is 11.5 Å². The van der Waals surface area contributed by atoms with Crippen LogP contribution >= 0.6 is 15.9 Å². The minimum absolute atomic E-state index is 0.454. The van der Waals surface area contributed by atoms with Crippen molar-refractivity contribution in [2.45, 2.75) is 13.5 Å². The van der Waals surface area contributed by atoms with Gasteiger partial charge in [0.2, 0.25) is 0 Å². The molecule has 18 heavy (non-hydrogen) atoms. The molecule has 0 fully saturated rings. The summed E-state index contributed by atoms with van der Waals surface area (Å²) in [6, 6.07) is 9.74. The van der Waals surface area contributed by atoms with Gasteiger partial charge in [0, 0.05) is 11.8 Å². The largest absolute Gasteiger partial charge is 0.496 e. The molecule has 0 bridgehead atoms. The van der Waals surface area contributed by atoms with Crippen LogP contribution < -0.4 is 9.47 Å². The Morgan fingerprint density at radius 1 is 1.22 bits per heavy atom. The van der Waals surface area contributed by atoms with Crippen LogP contribution in [0.4, 0.5) is 0 Å². The van der Waals surface area contributed by atoms with Crippen molar-refractivity contribution in [1.82, 2.24) is 4.98 Å². The smallest absolute Gasteiger partial charge is 0.152 e. The zero-order valence-corrected chi connectivity index (χ0v) is 11.9. The lowest BCUT2D eigenvalue weighted by molar-refractivity contribution is 0.293. The summed E-state index contributed by atoms with van der Waals surface area (Å²) < 4.78 is 11.7. The molecule has 1 heterocycles. The highest BCUT2D eigenvalue weighted by Crippen LogP contribution is 2.25. The van der Waals surface area contributed by atoms with E-state index in [1.54, 1.807) is 13.3 Å². The van der Waals surface area contributed by atoms with Crippen LogP contribution in [-0.2, 0) is 6.61 Å². The molecule has 4 heteroatoms. The Bertz CT molecular complexity index is 543. The average Bonchev–Trinajstić information content (AvgIpc) is 2.38. The highest BCUT2D eigenvalue weighted by molar-refractivity contribution is 9.10. The summed E-state index contributed by atoms with van der Waals surface area (Å²) in [5.41, 5.74) is 2.20. The third-order valence-electron chi connectivity index (χ3n) is 2.54. The second-order valence-electron chi connectivity index (χ2n) is 3.90. The van der Waals surface area contributed by atoms with Crippen LogP contribution in [0.1, 0.15) is 11.1 Å². The molecule has 0 aliphatic rings. The summed E-state index contributed by atoms with van der Waals surface area (Å²) in [5, 5.41) is 0. The molecule has 0 spiro atoms. The van der Waals surface area contributed by atoms with E-state index in [1.807, 2.05) is 31.2 Å². The number of benzene rings is 1. The van der Waals surface area contributed by atoms with Crippen molar-refractivity contribution in [2.75, 3.05) is 7.11 Å². The maximum Gasteiger partial charge on any atom is 0.152 e. The Morgan fingerprint density at radius 2 is 2.06 bits per heavy atom. The lowest BCUT2D eigenvalue weighted by atomic mass is 10.1. The summed E-state index contributed by atoms with van der Waals surface area (Å²) in [7, 11) is 1.66. The van der Waals surface area contributed by atoms with Gasteiger partial charge < -0.3 is 9.47 Å². The number of aromatic nitrogens is 1. The molecule has 1 aromatic heterocycles. The number of hydrogen-bond donors (Lipinski definition) is 0. The molecule has 0 atom stereocenters. The minimum atomic E-state index is 0.454. The van der Waals surface area contributed by atoms with Crippen molar-refractivity contribution in [3.63, 3.8) is 0 Å². The first-order chi connectivity index (χ1) is 8.70. The number of aryl methyl sites for hydroxylation is 1. The molecule has 2 aromatic rings. The lowest BCUT2D eigenvalue weighted by Crippen LogP contribution is -2.00. The van der Waals surface area contributed by atoms with Gasteiger partial charge in [-0.15, -0.1) is 0 Å². The van der Waals surface area contributed by atoms with E-state index in [4.69, 9.17) is 9.47 Å². The van der Waals surface area contributed by atoms with Crippen LogP contribution in [0.3, 0.4) is 0 Å². The maximum atomic E-state index is 5.73. The van der Waals surface area contributed by atoms with Crippen molar-refractivity contribution in [2.24, 2.45) is 0 Å². The fourth-order valence-electron chi connectivity index (χ4n) is 1.65. The van der Waals surface area contributed by atoms with Crippen molar-refractivity contribution in [1.29, 1.82) is 0 Å². The minimum Gasteiger partial charge on any atom is -0.496 e. The van der Waals surface area contributed by atoms with Crippen LogP contribution in [0, 0.1) is 6.92 Å². The number of ether oxygens (including phenoxy) is 2. The SMILES string of the molecule is COc1ccc(C)cc1COc1cccnc1Br. The van der Waals surface area contributed by atoms with Gasteiger partial charge in [0.05, 0.1) is 7.11 Å². The summed E-state index contributed by atoms with van der Waals surface area (Å²) in [5.74, 6) is 1.56. The van der Waals surface area contributed by atoms with Crippen molar-refractivity contribution < 1.29 is 9.47 Å². The highest BCUT2D eigenvalue weighted by atomic mass is 79.9. The molecule has 3 nitrogen and oxygen atoms in total. The summed E-state index contributed by atoms with van der Waals surface area (Å²) in [6.45, 7) is 2.50. The van der Waals surface area contributed by atoms with Crippen LogP contribution in [0.25, 0.3) is 0 Å². The Labute approximate surface area is 115 Å². The number of nitrogens with zero attached hydrogens (tertiary/aromatic N) is 1. The highest BCUT2D eigenvalue weighted by Gasteiger charge is 2.06. The predicted octanol–water partition coefficient (Wildman–Crippen LogP) is 3.74. The fourth-order valence-corrected chi connectivity index (χ4v) is 2.02. The van der Waals surface area contributed by atoms with Gasteiger partial charge in [-0.3, -0.25) is 0 Å². The van der Waals surface area contributed by atoms with Crippen molar-refractivity contribution in [3.8, 4) is 11.5 Å². The Balaban J connectivity index is 2.15. The van der Waals surface area contributed by atoms with E-state index in [2.05, 4.69) is 27.0 Å². The Hall–Kier alpha value is -1.55. The molecule has 0 aliphatic heterocycles. The topological polar surface area (TPSA) is 31.4 Å². The van der Waals surface area contributed by atoms with E-state index in [0.717, 1.165) is 17.1 Å². The zero-order valence-electron chi connectivity index (χ0n) is 10.3. The summed E-state index contributed by atoms with van der Waals surface area (Å²) >= 11 is 3.35. The normalized spacial score (nSPS) is 10.2. The average molecular weight is 308 g/mol. The Kier molecular flexibility index (Phi) is 4.20. The van der Waals surface area contributed by atoms with Crippen molar-refractivity contribution in [3.05, 3.63) is 52.3 Å². The van der Waals surface area contributed by atoms with Crippen LogP contribution in [0.15, 0.2) is 41.1 Å². The molecule has 0 radical (unpaired) electrons. The molecule has 1 aromatic carbocycles. The first kappa shape index (κ1) is 12.9. The Morgan fingerprint density at radius 3 is 2.78 bits per heavy atom. The fraction of sp³-hybridized carbons (Fsp3) is 0.214. The van der Waals surface area contributed by atoms with Crippen LogP contribution in [0.2, 0.25) is 0 Å². The van der Waals surface area contributed by atoms with Gasteiger partial charge in [0.15, 0.2) is 5.75 Å². The lowest BCUT2D eigenvalue weighted by Gasteiger charge is -2.11. The molecule has 0 unspecified atom stereocenters. The molecule has 94 valence electrons. The molecule has 0 saturated carbocycles. The van der Waals surface area contributed by atoms with E-state index in [9.17, 15) is 0 Å². The summed E-state index contributed by atoms with van der Waals surface area (Å²) in [6.07, 6.45) is 1.71. The van der Waals surface area contributed by atoms with Gasteiger partial charge in [0.1, 0.15) is 17.0 Å². The van der Waals surface area contributed by atoms with Crippen LogP contribution in [-0.4, -0.2) is 12.1 Å². The second kappa shape index (κ2) is 5.87. The van der Waals surface area contributed by atoms with Gasteiger partial charge in [-0.25, -0.2) is 4.98 Å². The first-order valence-corrected chi connectivity index (χ1v) is 6.37. The monoisotopic (exact) mass is 307 g/mol. The van der Waals surface area contributed by atoms with E-state index in [1.165, 1.54) is 5.56 Å². The molecular formula is C14H14BrNO2. The quantitative estimate of drug-likeness (QED) is 0.806. The van der Waals surface area contributed by atoms with Gasteiger partial charge in [-0.1, -0.05) is 11.6 Å². The number of pyridine rings is 1. The van der Waals surface area contributed by atoms with E-state index in [-0.39, 0.29) is 0 Å². The van der Waals surface area contributed by atoms with Gasteiger partial charge in [-0.2, -0.15) is 0 Å². The maximum absolute atomic E-state index is 5.73. The predicted molar refractivity (Wildman–Crippen MR) is 74.0 cm³/mol. The summed E-state index contributed by atoms with van der Waals surface area (Å²) in [4.78, 5) is 4.11. The first-order valence-electron chi connectivity index (χ1n) is 5.57. The van der Waals surface area contributed by atoms with E-state index < -0.39 is 0 Å². The molecule has 0 aliphatic carbocycles. The molecular weight excluding hydrogens is 294 g/mol. The third-order valence-corrected chi connectivity index (χ3v) is 3.14. The van der Waals surface area contributed by atoms with Gasteiger partial charge in [0.25, 0.3) is 0 Å². The number of halogens is 1. The van der Waals surface area contributed by atoms with E-state index >= 15 is 0 Å². The molecule has 0 N–H and O–H groups in total. The number of methoxy groups -OCH3 is 1. The van der Waals surface area contributed by atoms with E-state index in [0.29, 0.717) is 11.2 Å². The van der Waals surface area contributed by atoms with Gasteiger partial charge >= 0.3 is 0 Å². The second-order valence-corrected chi connectivity index (χ2v) is 4.65. The van der Waals surface area contributed by atoms with Crippen molar-refractivity contribution >= 4 is 15.9 Å². The zero-order chi connectivity index (χ0) is 13.0. The molecule has 0 saturated heterocycles. The molecule has 0 amide bonds. The third kappa shape index (κ3) is 3.01. The number of hydrogen-bond acceptors (Lipinski definition) is 3. The standard InChI is InChI=1S/C14H14BrNO2/c1-10-5-6-12(17-2)11(8-10)9-18-13-4-3-7-16-14(13)15/h3-8H,9H2,1-2H3. The number of rotatable bonds is 4.